The van der Waals surface area contributed by atoms with Crippen LogP contribution in [0, 0.1) is 11.3 Å². The molecule has 0 aliphatic heterocycles. The van der Waals surface area contributed by atoms with Crippen LogP contribution in [0.4, 0.5) is 0 Å². The molecule has 0 aromatic rings. The Hall–Kier alpha value is -1.03. The van der Waals surface area contributed by atoms with Crippen molar-refractivity contribution in [2.24, 2.45) is 0 Å². The number of allylic oxidation sites excluding steroid dienone is 4. The summed E-state index contributed by atoms with van der Waals surface area (Å²) in [6, 6.07) is 2.01. The topological polar surface area (TPSA) is 23.8 Å². The maximum Gasteiger partial charge on any atom is 0.0908 e. The maximum absolute atomic E-state index is 8.27. The molecular weight excluding hydrogens is 182 g/mol. The number of rotatable bonds is 9. The summed E-state index contributed by atoms with van der Waals surface area (Å²) < 4.78 is 0. The summed E-state index contributed by atoms with van der Waals surface area (Å²) >= 11 is 0. The fourth-order valence-corrected chi connectivity index (χ4v) is 1.42. The Morgan fingerprint density at radius 2 is 1.47 bits per heavy atom. The third kappa shape index (κ3) is 13.0. The Bertz CT molecular complexity index is 208. The molecule has 0 heterocycles. The Morgan fingerprint density at radius 3 is 2.07 bits per heavy atom. The second-order valence-corrected chi connectivity index (χ2v) is 3.78. The molecule has 0 unspecified atom stereocenters. The Balaban J connectivity index is 3.05. The molecule has 0 aliphatic carbocycles. The molecule has 0 N–H and O–H groups in total. The summed E-state index contributed by atoms with van der Waals surface area (Å²) in [6.07, 6.45) is 18.0. The van der Waals surface area contributed by atoms with E-state index in [4.69, 9.17) is 5.26 Å². The molecule has 0 aromatic carbocycles. The number of unbranched alkanes of at least 4 members (excludes halogenated alkanes) is 6. The van der Waals surface area contributed by atoms with E-state index in [9.17, 15) is 0 Å². The molecule has 0 atom stereocenters. The number of nitriles is 1. The first-order valence-corrected chi connectivity index (χ1v) is 6.11. The van der Waals surface area contributed by atoms with Gasteiger partial charge in [-0.2, -0.15) is 5.26 Å². The van der Waals surface area contributed by atoms with Crippen LogP contribution in [0.25, 0.3) is 0 Å². The molecule has 0 bridgehead atoms. The van der Waals surface area contributed by atoms with Gasteiger partial charge in [-0.3, -0.25) is 0 Å². The van der Waals surface area contributed by atoms with Crippen LogP contribution in [-0.4, -0.2) is 0 Å². The van der Waals surface area contributed by atoms with Crippen molar-refractivity contribution in [3.8, 4) is 6.07 Å². The van der Waals surface area contributed by atoms with Gasteiger partial charge in [-0.05, 0) is 32.1 Å². The molecule has 0 spiro atoms. The highest BCUT2D eigenvalue weighted by Gasteiger charge is 1.87. The van der Waals surface area contributed by atoms with Crippen molar-refractivity contribution < 1.29 is 0 Å². The van der Waals surface area contributed by atoms with Crippen LogP contribution in [0.2, 0.25) is 0 Å². The summed E-state index contributed by atoms with van der Waals surface area (Å²) in [7, 11) is 0. The SMILES string of the molecule is CCCC=CCCCCCCC=CC#N. The molecule has 84 valence electrons. The minimum absolute atomic E-state index is 1.05. The van der Waals surface area contributed by atoms with Crippen LogP contribution in [0.5, 0.6) is 0 Å². The van der Waals surface area contributed by atoms with E-state index < -0.39 is 0 Å². The van der Waals surface area contributed by atoms with Crippen LogP contribution in [0.1, 0.15) is 58.3 Å². The van der Waals surface area contributed by atoms with Gasteiger partial charge in [0.1, 0.15) is 0 Å². The molecule has 15 heavy (non-hydrogen) atoms. The Kier molecular flexibility index (Phi) is 12.1. The molecule has 1 nitrogen and oxygen atoms in total. The van der Waals surface area contributed by atoms with Gasteiger partial charge >= 0.3 is 0 Å². The number of hydrogen-bond acceptors (Lipinski definition) is 1. The molecule has 0 radical (unpaired) electrons. The van der Waals surface area contributed by atoms with Crippen LogP contribution >= 0.6 is 0 Å². The van der Waals surface area contributed by atoms with Gasteiger partial charge in [0.05, 0.1) is 6.07 Å². The first kappa shape index (κ1) is 14.0. The van der Waals surface area contributed by atoms with E-state index in [1.54, 1.807) is 6.08 Å². The fraction of sp³-hybridized carbons (Fsp3) is 0.643. The lowest BCUT2D eigenvalue weighted by Crippen LogP contribution is -1.76. The zero-order chi connectivity index (χ0) is 11.2. The van der Waals surface area contributed by atoms with Gasteiger partial charge in [0.15, 0.2) is 0 Å². The average Bonchev–Trinajstić information content (AvgIpc) is 2.26. The van der Waals surface area contributed by atoms with Crippen molar-refractivity contribution in [1.29, 1.82) is 5.26 Å². The van der Waals surface area contributed by atoms with E-state index in [0.717, 1.165) is 6.42 Å². The number of hydrogen-bond donors (Lipinski definition) is 0. The summed E-state index contributed by atoms with van der Waals surface area (Å²) in [5, 5.41) is 8.27. The molecule has 0 saturated carbocycles. The van der Waals surface area contributed by atoms with Crippen molar-refractivity contribution in [1.82, 2.24) is 0 Å². The third-order valence-electron chi connectivity index (χ3n) is 2.31. The third-order valence-corrected chi connectivity index (χ3v) is 2.31. The molecule has 0 aliphatic rings. The highest BCUT2D eigenvalue weighted by atomic mass is 14.2. The van der Waals surface area contributed by atoms with Crippen LogP contribution in [-0.2, 0) is 0 Å². The zero-order valence-electron chi connectivity index (χ0n) is 9.91. The molecule has 1 heteroatoms. The summed E-state index contributed by atoms with van der Waals surface area (Å²) in [4.78, 5) is 0. The van der Waals surface area contributed by atoms with E-state index in [0.29, 0.717) is 0 Å². The van der Waals surface area contributed by atoms with E-state index in [1.165, 1.54) is 44.9 Å². The lowest BCUT2D eigenvalue weighted by atomic mass is 10.1. The monoisotopic (exact) mass is 205 g/mol. The Morgan fingerprint density at radius 1 is 0.867 bits per heavy atom. The normalized spacial score (nSPS) is 11.2. The van der Waals surface area contributed by atoms with E-state index >= 15 is 0 Å². The summed E-state index contributed by atoms with van der Waals surface area (Å²) in [6.45, 7) is 2.21. The highest BCUT2D eigenvalue weighted by Crippen LogP contribution is 2.06. The van der Waals surface area contributed by atoms with Crippen molar-refractivity contribution in [3.05, 3.63) is 24.3 Å². The standard InChI is InChI=1S/C14H23N/c1-2-3-4-5-6-7-8-9-10-11-12-13-14-15/h4-5,12-13H,2-3,6-11H2,1H3. The van der Waals surface area contributed by atoms with Gasteiger partial charge in [-0.1, -0.05) is 44.4 Å². The molecule has 0 aromatic heterocycles. The minimum atomic E-state index is 1.05. The van der Waals surface area contributed by atoms with Crippen LogP contribution in [0.15, 0.2) is 24.3 Å². The quantitative estimate of drug-likeness (QED) is 0.302. The first-order chi connectivity index (χ1) is 7.41. The van der Waals surface area contributed by atoms with Crippen molar-refractivity contribution >= 4 is 0 Å². The van der Waals surface area contributed by atoms with Crippen LogP contribution in [0.3, 0.4) is 0 Å². The van der Waals surface area contributed by atoms with Gasteiger partial charge in [-0.15, -0.1) is 0 Å². The highest BCUT2D eigenvalue weighted by molar-refractivity contribution is 5.01. The molecule has 0 fully saturated rings. The van der Waals surface area contributed by atoms with Gasteiger partial charge in [0.25, 0.3) is 0 Å². The van der Waals surface area contributed by atoms with Gasteiger partial charge < -0.3 is 0 Å². The van der Waals surface area contributed by atoms with Gasteiger partial charge in [0, 0.05) is 6.08 Å². The smallest absolute Gasteiger partial charge is 0.0908 e. The lowest BCUT2D eigenvalue weighted by molar-refractivity contribution is 0.652. The molecule has 0 amide bonds. The molecule has 0 saturated heterocycles. The van der Waals surface area contributed by atoms with Crippen molar-refractivity contribution in [3.63, 3.8) is 0 Å². The molecule has 0 rings (SSSR count). The first-order valence-electron chi connectivity index (χ1n) is 6.11. The lowest BCUT2D eigenvalue weighted by Gasteiger charge is -1.96. The average molecular weight is 205 g/mol. The predicted octanol–water partition coefficient (Wildman–Crippen LogP) is 4.76. The van der Waals surface area contributed by atoms with Gasteiger partial charge in [-0.25, -0.2) is 0 Å². The van der Waals surface area contributed by atoms with E-state index in [1.807, 2.05) is 12.1 Å². The van der Waals surface area contributed by atoms with Crippen LogP contribution < -0.4 is 0 Å². The van der Waals surface area contributed by atoms with Crippen molar-refractivity contribution in [2.45, 2.75) is 58.3 Å². The number of nitrogens with zero attached hydrogens (tertiary/aromatic N) is 1. The minimum Gasteiger partial charge on any atom is -0.193 e. The summed E-state index contributed by atoms with van der Waals surface area (Å²) in [5.41, 5.74) is 0. The second-order valence-electron chi connectivity index (χ2n) is 3.78. The van der Waals surface area contributed by atoms with E-state index in [2.05, 4.69) is 19.1 Å². The second kappa shape index (κ2) is 13.0. The molecular formula is C14H23N. The largest absolute Gasteiger partial charge is 0.193 e. The Labute approximate surface area is 94.5 Å². The predicted molar refractivity (Wildman–Crippen MR) is 66.5 cm³/mol. The van der Waals surface area contributed by atoms with Crippen molar-refractivity contribution in [2.75, 3.05) is 0 Å². The van der Waals surface area contributed by atoms with E-state index in [-0.39, 0.29) is 0 Å². The van der Waals surface area contributed by atoms with Gasteiger partial charge in [0.2, 0.25) is 0 Å². The maximum atomic E-state index is 8.27. The summed E-state index contributed by atoms with van der Waals surface area (Å²) in [5.74, 6) is 0. The fourth-order valence-electron chi connectivity index (χ4n) is 1.42. The zero-order valence-corrected chi connectivity index (χ0v) is 9.91.